The van der Waals surface area contributed by atoms with Crippen LogP contribution >= 0.6 is 0 Å². The van der Waals surface area contributed by atoms with Crippen LogP contribution in [0.15, 0.2) is 43.0 Å². The number of carbonyl (C=O) groups is 1. The van der Waals surface area contributed by atoms with Gasteiger partial charge in [0.1, 0.15) is 11.6 Å². The van der Waals surface area contributed by atoms with Gasteiger partial charge in [-0.15, -0.1) is 0 Å². The monoisotopic (exact) mass is 394 g/mol. The first-order valence-electron chi connectivity index (χ1n) is 8.01. The highest BCUT2D eigenvalue weighted by Gasteiger charge is 2.18. The molecule has 0 aliphatic heterocycles. The standard InChI is InChI=1S/C18H14F4N4O2/c19-12-1-10(2-13(20)4-12)6-26-7-16(24-9-26)25-18(28)11-3-14(17(21)22)15(8-27)23-5-11/h1-5,7,9,17,27H,6,8H2,(H,25,28). The van der Waals surface area contributed by atoms with Crippen LogP contribution in [0.2, 0.25) is 0 Å². The van der Waals surface area contributed by atoms with E-state index in [9.17, 15) is 22.4 Å². The van der Waals surface area contributed by atoms with Crippen molar-refractivity contribution in [2.24, 2.45) is 0 Å². The number of carbonyl (C=O) groups excluding carboxylic acids is 1. The van der Waals surface area contributed by atoms with Gasteiger partial charge in [-0.3, -0.25) is 9.78 Å². The molecule has 28 heavy (non-hydrogen) atoms. The molecule has 1 amide bonds. The van der Waals surface area contributed by atoms with Gasteiger partial charge in [0, 0.05) is 30.6 Å². The van der Waals surface area contributed by atoms with E-state index in [0.29, 0.717) is 5.56 Å². The lowest BCUT2D eigenvalue weighted by molar-refractivity contribution is 0.102. The molecule has 1 aromatic carbocycles. The van der Waals surface area contributed by atoms with Crippen molar-refractivity contribution in [3.05, 3.63) is 77.0 Å². The van der Waals surface area contributed by atoms with Crippen molar-refractivity contribution in [3.63, 3.8) is 0 Å². The van der Waals surface area contributed by atoms with E-state index < -0.39 is 36.1 Å². The number of anilines is 1. The summed E-state index contributed by atoms with van der Waals surface area (Å²) in [7, 11) is 0. The van der Waals surface area contributed by atoms with E-state index in [-0.39, 0.29) is 23.6 Å². The lowest BCUT2D eigenvalue weighted by Gasteiger charge is -2.08. The van der Waals surface area contributed by atoms with Gasteiger partial charge in [-0.2, -0.15) is 0 Å². The predicted octanol–water partition coefficient (Wildman–Crippen LogP) is 3.29. The third-order valence-corrected chi connectivity index (χ3v) is 3.81. The third-order valence-electron chi connectivity index (χ3n) is 3.81. The Kier molecular flexibility index (Phi) is 5.69. The minimum absolute atomic E-state index is 0.111. The van der Waals surface area contributed by atoms with Gasteiger partial charge in [-0.05, 0) is 23.8 Å². The van der Waals surface area contributed by atoms with Gasteiger partial charge >= 0.3 is 0 Å². The van der Waals surface area contributed by atoms with E-state index >= 15 is 0 Å². The van der Waals surface area contributed by atoms with Gasteiger partial charge in [0.15, 0.2) is 5.82 Å². The number of nitrogens with one attached hydrogen (secondary N) is 1. The van der Waals surface area contributed by atoms with Gasteiger partial charge in [-0.1, -0.05) is 0 Å². The summed E-state index contributed by atoms with van der Waals surface area (Å²) >= 11 is 0. The zero-order valence-corrected chi connectivity index (χ0v) is 14.2. The molecule has 2 N–H and O–H groups in total. The summed E-state index contributed by atoms with van der Waals surface area (Å²) in [5, 5.41) is 11.5. The molecule has 3 rings (SSSR count). The molecule has 0 saturated carbocycles. The normalized spacial score (nSPS) is 11.1. The number of hydrogen-bond donors (Lipinski definition) is 2. The fourth-order valence-corrected chi connectivity index (χ4v) is 2.57. The van der Waals surface area contributed by atoms with E-state index in [1.165, 1.54) is 29.2 Å². The smallest absolute Gasteiger partial charge is 0.265 e. The second-order valence-corrected chi connectivity index (χ2v) is 5.88. The van der Waals surface area contributed by atoms with Crippen LogP contribution in [0.4, 0.5) is 23.4 Å². The topological polar surface area (TPSA) is 80.0 Å². The van der Waals surface area contributed by atoms with Crippen LogP contribution in [0, 0.1) is 11.6 Å². The molecule has 3 aromatic rings. The van der Waals surface area contributed by atoms with Gasteiger partial charge < -0.3 is 15.0 Å². The highest BCUT2D eigenvalue weighted by atomic mass is 19.3. The van der Waals surface area contributed by atoms with Crippen LogP contribution < -0.4 is 5.32 Å². The molecule has 2 aromatic heterocycles. The number of amides is 1. The number of pyridine rings is 1. The maximum absolute atomic E-state index is 13.2. The number of aliphatic hydroxyl groups excluding tert-OH is 1. The Morgan fingerprint density at radius 3 is 2.50 bits per heavy atom. The van der Waals surface area contributed by atoms with Crippen molar-refractivity contribution >= 4 is 11.7 Å². The Bertz CT molecular complexity index is 987. The van der Waals surface area contributed by atoms with Crippen molar-refractivity contribution in [2.75, 3.05) is 5.32 Å². The molecule has 2 heterocycles. The summed E-state index contributed by atoms with van der Waals surface area (Å²) in [6.07, 6.45) is 0.938. The molecule has 6 nitrogen and oxygen atoms in total. The zero-order valence-electron chi connectivity index (χ0n) is 14.2. The summed E-state index contributed by atoms with van der Waals surface area (Å²) in [6, 6.07) is 4.04. The molecule has 0 saturated heterocycles. The molecular formula is C18H14F4N4O2. The summed E-state index contributed by atoms with van der Waals surface area (Å²) in [5.41, 5.74) is -0.514. The number of nitrogens with zero attached hydrogens (tertiary/aromatic N) is 3. The number of halogens is 4. The zero-order chi connectivity index (χ0) is 20.3. The number of imidazole rings is 1. The van der Waals surface area contributed by atoms with Crippen molar-refractivity contribution in [1.29, 1.82) is 0 Å². The van der Waals surface area contributed by atoms with E-state index in [1.54, 1.807) is 0 Å². The lowest BCUT2D eigenvalue weighted by Crippen LogP contribution is -2.14. The second-order valence-electron chi connectivity index (χ2n) is 5.88. The van der Waals surface area contributed by atoms with E-state index in [0.717, 1.165) is 18.3 Å². The van der Waals surface area contributed by atoms with Crippen LogP contribution in [0.1, 0.15) is 33.6 Å². The Hall–Kier alpha value is -3.27. The first-order chi connectivity index (χ1) is 13.4. The summed E-state index contributed by atoms with van der Waals surface area (Å²) in [5.74, 6) is -2.03. The van der Waals surface area contributed by atoms with Crippen molar-refractivity contribution in [3.8, 4) is 0 Å². The van der Waals surface area contributed by atoms with Crippen molar-refractivity contribution in [2.45, 2.75) is 19.6 Å². The lowest BCUT2D eigenvalue weighted by atomic mass is 10.1. The number of rotatable bonds is 6. The minimum atomic E-state index is -2.90. The van der Waals surface area contributed by atoms with E-state index in [4.69, 9.17) is 5.11 Å². The van der Waals surface area contributed by atoms with Gasteiger partial charge in [0.25, 0.3) is 12.3 Å². The van der Waals surface area contributed by atoms with Gasteiger partial charge in [0.05, 0.1) is 24.2 Å². The van der Waals surface area contributed by atoms with Crippen LogP contribution in [-0.2, 0) is 13.2 Å². The highest BCUT2D eigenvalue weighted by Crippen LogP contribution is 2.23. The summed E-state index contributed by atoms with van der Waals surface area (Å²) in [6.45, 7) is -0.563. The average Bonchev–Trinajstić information content (AvgIpc) is 3.06. The summed E-state index contributed by atoms with van der Waals surface area (Å²) in [4.78, 5) is 19.9. The highest BCUT2D eigenvalue weighted by molar-refractivity contribution is 6.03. The van der Waals surface area contributed by atoms with E-state index in [2.05, 4.69) is 15.3 Å². The molecule has 146 valence electrons. The molecule has 0 spiro atoms. The van der Waals surface area contributed by atoms with E-state index in [1.807, 2.05) is 0 Å². The number of hydrogen-bond acceptors (Lipinski definition) is 4. The predicted molar refractivity (Wildman–Crippen MR) is 90.8 cm³/mol. The largest absolute Gasteiger partial charge is 0.390 e. The molecule has 0 bridgehead atoms. The molecule has 0 atom stereocenters. The minimum Gasteiger partial charge on any atom is -0.390 e. The Morgan fingerprint density at radius 2 is 1.86 bits per heavy atom. The first-order valence-corrected chi connectivity index (χ1v) is 8.01. The molecule has 0 aliphatic rings. The average molecular weight is 394 g/mol. The number of aliphatic hydroxyl groups is 1. The van der Waals surface area contributed by atoms with Crippen LogP contribution in [0.3, 0.4) is 0 Å². The van der Waals surface area contributed by atoms with Crippen LogP contribution in [-0.4, -0.2) is 25.5 Å². The molecule has 0 fully saturated rings. The molecule has 0 radical (unpaired) electrons. The Labute approximate surface area is 156 Å². The number of benzene rings is 1. The van der Waals surface area contributed by atoms with Crippen LogP contribution in [0.5, 0.6) is 0 Å². The maximum atomic E-state index is 13.2. The fourth-order valence-electron chi connectivity index (χ4n) is 2.57. The Morgan fingerprint density at radius 1 is 1.14 bits per heavy atom. The quantitative estimate of drug-likeness (QED) is 0.629. The number of aromatic nitrogens is 3. The molecular weight excluding hydrogens is 380 g/mol. The first kappa shape index (κ1) is 19.5. The summed E-state index contributed by atoms with van der Waals surface area (Å²) < 4.78 is 54.0. The third kappa shape index (κ3) is 4.52. The maximum Gasteiger partial charge on any atom is 0.265 e. The molecule has 0 aliphatic carbocycles. The van der Waals surface area contributed by atoms with Crippen molar-refractivity contribution in [1.82, 2.24) is 14.5 Å². The van der Waals surface area contributed by atoms with Crippen molar-refractivity contribution < 1.29 is 27.5 Å². The number of alkyl halides is 2. The SMILES string of the molecule is O=C(Nc1cn(Cc2cc(F)cc(F)c2)cn1)c1cnc(CO)c(C(F)F)c1. The van der Waals surface area contributed by atoms with Crippen LogP contribution in [0.25, 0.3) is 0 Å². The fraction of sp³-hybridized carbons (Fsp3) is 0.167. The molecule has 0 unspecified atom stereocenters. The Balaban J connectivity index is 1.72. The van der Waals surface area contributed by atoms with Gasteiger partial charge in [0.2, 0.25) is 0 Å². The van der Waals surface area contributed by atoms with Gasteiger partial charge in [-0.25, -0.2) is 22.5 Å². The second kappa shape index (κ2) is 8.17. The molecule has 10 heteroatoms.